The van der Waals surface area contributed by atoms with Gasteiger partial charge in [-0.05, 0) is 63.1 Å². The average molecular weight is 431 g/mol. The number of methoxy groups -OCH3 is 2. The lowest BCUT2D eigenvalue weighted by molar-refractivity contribution is 0.354. The predicted octanol–water partition coefficient (Wildman–Crippen LogP) is 3.77. The second kappa shape index (κ2) is 11.8. The standard InChI is InChI=1S/C23H34N4O2S/c1-4-24-23(26-15-13-17-11-12-19(28-2)20(16-17)29-3)25-14-7-10-22-27-18-8-5-6-9-21(18)30-22/h11-12,16H,4-10,13-15H2,1-3H3,(H2,24,25,26). The van der Waals surface area contributed by atoms with Gasteiger partial charge in [0.2, 0.25) is 0 Å². The average Bonchev–Trinajstić information content (AvgIpc) is 3.19. The normalized spacial score (nSPS) is 13.6. The van der Waals surface area contributed by atoms with E-state index in [1.165, 1.54) is 46.8 Å². The number of nitrogens with one attached hydrogen (secondary N) is 2. The molecule has 1 aliphatic carbocycles. The minimum absolute atomic E-state index is 0.755. The molecule has 7 heteroatoms. The van der Waals surface area contributed by atoms with Gasteiger partial charge in [0, 0.05) is 30.9 Å². The second-order valence-electron chi connectivity index (χ2n) is 7.41. The summed E-state index contributed by atoms with van der Waals surface area (Å²) in [5.41, 5.74) is 2.55. The number of aromatic nitrogens is 1. The highest BCUT2D eigenvalue weighted by Gasteiger charge is 2.14. The SMILES string of the molecule is CCNC(=NCCCc1nc2c(s1)CCCC2)NCCc1ccc(OC)c(OC)c1. The Morgan fingerprint density at radius 2 is 1.93 bits per heavy atom. The molecule has 1 heterocycles. The minimum atomic E-state index is 0.755. The first-order valence-corrected chi connectivity index (χ1v) is 11.8. The Labute approximate surface area is 184 Å². The number of fused-ring (bicyclic) bond motifs is 1. The van der Waals surface area contributed by atoms with Crippen LogP contribution in [0.2, 0.25) is 0 Å². The molecule has 1 aliphatic rings. The highest BCUT2D eigenvalue weighted by atomic mass is 32.1. The Kier molecular flexibility index (Phi) is 8.81. The number of hydrogen-bond acceptors (Lipinski definition) is 5. The largest absolute Gasteiger partial charge is 0.493 e. The highest BCUT2D eigenvalue weighted by molar-refractivity contribution is 7.11. The van der Waals surface area contributed by atoms with Crippen molar-refractivity contribution < 1.29 is 9.47 Å². The number of benzene rings is 1. The van der Waals surface area contributed by atoms with Crippen molar-refractivity contribution in [3.8, 4) is 11.5 Å². The first kappa shape index (κ1) is 22.4. The number of aliphatic imine (C=N–C) groups is 1. The Bertz CT molecular complexity index is 811. The van der Waals surface area contributed by atoms with Crippen molar-refractivity contribution in [2.24, 2.45) is 4.99 Å². The lowest BCUT2D eigenvalue weighted by atomic mass is 10.0. The number of rotatable bonds is 10. The molecule has 0 aliphatic heterocycles. The van der Waals surface area contributed by atoms with E-state index < -0.39 is 0 Å². The van der Waals surface area contributed by atoms with E-state index in [1.807, 2.05) is 23.5 Å². The van der Waals surface area contributed by atoms with Gasteiger partial charge in [-0.3, -0.25) is 4.99 Å². The van der Waals surface area contributed by atoms with Crippen molar-refractivity contribution in [1.29, 1.82) is 0 Å². The number of guanidine groups is 1. The van der Waals surface area contributed by atoms with Crippen LogP contribution in [0.5, 0.6) is 11.5 Å². The van der Waals surface area contributed by atoms with Gasteiger partial charge in [0.15, 0.2) is 17.5 Å². The molecule has 0 bridgehead atoms. The number of thiazole rings is 1. The van der Waals surface area contributed by atoms with Crippen LogP contribution >= 0.6 is 11.3 Å². The molecule has 6 nitrogen and oxygen atoms in total. The summed E-state index contributed by atoms with van der Waals surface area (Å²) in [5.74, 6) is 2.39. The van der Waals surface area contributed by atoms with Crippen molar-refractivity contribution in [1.82, 2.24) is 15.6 Å². The fourth-order valence-electron chi connectivity index (χ4n) is 3.64. The van der Waals surface area contributed by atoms with Gasteiger partial charge in [0.25, 0.3) is 0 Å². The van der Waals surface area contributed by atoms with E-state index >= 15 is 0 Å². The molecule has 1 aromatic heterocycles. The maximum absolute atomic E-state index is 5.39. The molecule has 0 saturated carbocycles. The van der Waals surface area contributed by atoms with Gasteiger partial charge in [0.05, 0.1) is 24.9 Å². The molecule has 0 fully saturated rings. The molecule has 2 N–H and O–H groups in total. The zero-order valence-electron chi connectivity index (χ0n) is 18.4. The van der Waals surface area contributed by atoms with Crippen LogP contribution in [0.1, 0.15) is 47.3 Å². The van der Waals surface area contributed by atoms with Gasteiger partial charge in [-0.15, -0.1) is 11.3 Å². The van der Waals surface area contributed by atoms with Crippen molar-refractivity contribution in [2.75, 3.05) is 33.9 Å². The van der Waals surface area contributed by atoms with Crippen LogP contribution in [0.3, 0.4) is 0 Å². The summed E-state index contributed by atoms with van der Waals surface area (Å²) in [6.45, 7) is 4.55. The van der Waals surface area contributed by atoms with E-state index in [-0.39, 0.29) is 0 Å². The number of hydrogen-bond donors (Lipinski definition) is 2. The van der Waals surface area contributed by atoms with Crippen LogP contribution in [0.4, 0.5) is 0 Å². The summed E-state index contributed by atoms with van der Waals surface area (Å²) in [6.07, 6.45) is 7.93. The summed E-state index contributed by atoms with van der Waals surface area (Å²) in [6, 6.07) is 6.04. The van der Waals surface area contributed by atoms with Crippen LogP contribution in [0, 0.1) is 0 Å². The van der Waals surface area contributed by atoms with Crippen molar-refractivity contribution >= 4 is 17.3 Å². The van der Waals surface area contributed by atoms with Gasteiger partial charge < -0.3 is 20.1 Å². The lowest BCUT2D eigenvalue weighted by Gasteiger charge is -2.12. The third-order valence-electron chi connectivity index (χ3n) is 5.21. The van der Waals surface area contributed by atoms with Crippen molar-refractivity contribution in [3.63, 3.8) is 0 Å². The predicted molar refractivity (Wildman–Crippen MR) is 124 cm³/mol. The van der Waals surface area contributed by atoms with E-state index in [0.29, 0.717) is 0 Å². The molecule has 0 atom stereocenters. The second-order valence-corrected chi connectivity index (χ2v) is 8.58. The van der Waals surface area contributed by atoms with E-state index in [2.05, 4.69) is 23.6 Å². The van der Waals surface area contributed by atoms with Crippen LogP contribution in [-0.4, -0.2) is 44.8 Å². The van der Waals surface area contributed by atoms with Crippen LogP contribution in [-0.2, 0) is 25.7 Å². The third kappa shape index (κ3) is 6.36. The maximum atomic E-state index is 5.39. The number of nitrogens with zero attached hydrogens (tertiary/aromatic N) is 2. The Hall–Kier alpha value is -2.28. The fraction of sp³-hybridized carbons (Fsp3) is 0.565. The summed E-state index contributed by atoms with van der Waals surface area (Å²) >= 11 is 1.91. The van der Waals surface area contributed by atoms with Crippen LogP contribution < -0.4 is 20.1 Å². The molecule has 0 spiro atoms. The molecule has 30 heavy (non-hydrogen) atoms. The first-order valence-electron chi connectivity index (χ1n) is 10.9. The van der Waals surface area contributed by atoms with Gasteiger partial charge in [-0.2, -0.15) is 0 Å². The monoisotopic (exact) mass is 430 g/mol. The molecule has 164 valence electrons. The summed E-state index contributed by atoms with van der Waals surface area (Å²) < 4.78 is 10.7. The third-order valence-corrected chi connectivity index (χ3v) is 6.42. The maximum Gasteiger partial charge on any atom is 0.191 e. The van der Waals surface area contributed by atoms with E-state index in [0.717, 1.165) is 56.4 Å². The smallest absolute Gasteiger partial charge is 0.191 e. The van der Waals surface area contributed by atoms with Gasteiger partial charge in [-0.1, -0.05) is 6.07 Å². The molecule has 0 saturated heterocycles. The number of aryl methyl sites for hydroxylation is 3. The first-order chi connectivity index (χ1) is 14.7. The van der Waals surface area contributed by atoms with E-state index in [4.69, 9.17) is 19.5 Å². The molecule has 3 rings (SSSR count). The molecule has 0 unspecified atom stereocenters. The Morgan fingerprint density at radius 3 is 2.70 bits per heavy atom. The lowest BCUT2D eigenvalue weighted by Crippen LogP contribution is -2.38. The molecule has 0 amide bonds. The van der Waals surface area contributed by atoms with E-state index in [9.17, 15) is 0 Å². The minimum Gasteiger partial charge on any atom is -0.493 e. The zero-order chi connectivity index (χ0) is 21.2. The molecule has 1 aromatic carbocycles. The number of ether oxygens (including phenoxy) is 2. The van der Waals surface area contributed by atoms with E-state index in [1.54, 1.807) is 14.2 Å². The van der Waals surface area contributed by atoms with Crippen molar-refractivity contribution in [3.05, 3.63) is 39.3 Å². The summed E-state index contributed by atoms with van der Waals surface area (Å²) in [4.78, 5) is 11.1. The summed E-state index contributed by atoms with van der Waals surface area (Å²) in [5, 5.41) is 8.04. The quantitative estimate of drug-likeness (QED) is 0.341. The molecule has 0 radical (unpaired) electrons. The Morgan fingerprint density at radius 1 is 1.10 bits per heavy atom. The molecule has 2 aromatic rings. The van der Waals surface area contributed by atoms with Crippen LogP contribution in [0.25, 0.3) is 0 Å². The fourth-order valence-corrected chi connectivity index (χ4v) is 4.84. The molecular formula is C23H34N4O2S. The van der Waals surface area contributed by atoms with Gasteiger partial charge in [-0.25, -0.2) is 4.98 Å². The van der Waals surface area contributed by atoms with Gasteiger partial charge >= 0.3 is 0 Å². The van der Waals surface area contributed by atoms with Crippen LogP contribution in [0.15, 0.2) is 23.2 Å². The Balaban J connectivity index is 1.44. The highest BCUT2D eigenvalue weighted by Crippen LogP contribution is 2.28. The summed E-state index contributed by atoms with van der Waals surface area (Å²) in [7, 11) is 3.32. The molecular weight excluding hydrogens is 396 g/mol. The van der Waals surface area contributed by atoms with Gasteiger partial charge in [0.1, 0.15) is 0 Å². The topological polar surface area (TPSA) is 67.8 Å². The van der Waals surface area contributed by atoms with Crippen molar-refractivity contribution in [2.45, 2.75) is 51.9 Å². The zero-order valence-corrected chi connectivity index (χ0v) is 19.2.